The highest BCUT2D eigenvalue weighted by atomic mass is 32.2. The lowest BCUT2D eigenvalue weighted by atomic mass is 10.0. The molecule has 15 heteroatoms. The smallest absolute Gasteiger partial charge is 0.352 e. The van der Waals surface area contributed by atoms with Crippen molar-refractivity contribution in [1.29, 1.82) is 0 Å². The van der Waals surface area contributed by atoms with Gasteiger partial charge in [0.25, 0.3) is 11.8 Å². The number of nitrogens with one attached hydrogen (secondary N) is 2. The molecule has 2 atom stereocenters. The molecule has 12 nitrogen and oxygen atoms in total. The van der Waals surface area contributed by atoms with E-state index in [2.05, 4.69) is 25.8 Å². The largest absolute Gasteiger partial charge is 0.477 e. The highest BCUT2D eigenvalue weighted by molar-refractivity contribution is 8.02. The number of pyridine rings is 1. The second-order valence-corrected chi connectivity index (χ2v) is 10.3. The third-order valence-corrected chi connectivity index (χ3v) is 8.12. The maximum Gasteiger partial charge on any atom is 0.352 e. The topological polar surface area (TPSA) is 163 Å². The highest BCUT2D eigenvalue weighted by Gasteiger charge is 2.54. The second-order valence-electron chi connectivity index (χ2n) is 7.44. The number of nitrogens with zero attached hydrogens (tertiary/aromatic N) is 4. The van der Waals surface area contributed by atoms with E-state index in [1.54, 1.807) is 12.4 Å². The number of aliphatic carboxylic acids is 1. The molecular formula is C22H20N6O6S3. The van der Waals surface area contributed by atoms with Crippen molar-refractivity contribution >= 4 is 76.0 Å². The van der Waals surface area contributed by atoms with Crippen molar-refractivity contribution in [2.75, 3.05) is 23.9 Å². The first-order valence-corrected chi connectivity index (χ1v) is 13.6. The van der Waals surface area contributed by atoms with Gasteiger partial charge in [0.2, 0.25) is 6.41 Å². The van der Waals surface area contributed by atoms with Crippen molar-refractivity contribution in [2.24, 2.45) is 5.16 Å². The Kier molecular flexibility index (Phi) is 8.58. The molecule has 0 radical (unpaired) electrons. The van der Waals surface area contributed by atoms with Crippen molar-refractivity contribution in [1.82, 2.24) is 20.2 Å². The van der Waals surface area contributed by atoms with Gasteiger partial charge in [-0.3, -0.25) is 24.3 Å². The third kappa shape index (κ3) is 5.84. The predicted molar refractivity (Wildman–Crippen MR) is 141 cm³/mol. The lowest BCUT2D eigenvalue weighted by Gasteiger charge is -2.49. The molecule has 1 fully saturated rings. The first-order chi connectivity index (χ1) is 17.9. The lowest BCUT2D eigenvalue weighted by molar-refractivity contribution is -0.150. The van der Waals surface area contributed by atoms with E-state index in [1.807, 2.05) is 23.6 Å². The summed E-state index contributed by atoms with van der Waals surface area (Å²) >= 11 is 3.87. The first-order valence-electron chi connectivity index (χ1n) is 10.6. The highest BCUT2D eigenvalue weighted by Crippen LogP contribution is 2.41. The Bertz CT molecular complexity index is 1290. The predicted octanol–water partition coefficient (Wildman–Crippen LogP) is 1.60. The second kappa shape index (κ2) is 12.0. The van der Waals surface area contributed by atoms with E-state index in [4.69, 9.17) is 4.84 Å². The van der Waals surface area contributed by atoms with E-state index in [0.29, 0.717) is 23.5 Å². The van der Waals surface area contributed by atoms with Gasteiger partial charge in [-0.2, -0.15) is 0 Å². The molecule has 2 aromatic rings. The van der Waals surface area contributed by atoms with Crippen LogP contribution >= 0.6 is 34.9 Å². The van der Waals surface area contributed by atoms with Crippen LogP contribution in [0.4, 0.5) is 5.13 Å². The van der Waals surface area contributed by atoms with E-state index < -0.39 is 29.2 Å². The van der Waals surface area contributed by atoms with E-state index in [9.17, 15) is 24.3 Å². The fraction of sp³-hybridized carbons (Fsp3) is 0.227. The van der Waals surface area contributed by atoms with Crippen molar-refractivity contribution in [3.05, 3.63) is 57.8 Å². The average molecular weight is 561 g/mol. The molecule has 2 aliphatic heterocycles. The van der Waals surface area contributed by atoms with Crippen LogP contribution in [0.15, 0.2) is 51.7 Å². The summed E-state index contributed by atoms with van der Waals surface area (Å²) in [7, 11) is 1.26. The van der Waals surface area contributed by atoms with Crippen molar-refractivity contribution in [2.45, 2.75) is 11.4 Å². The molecule has 2 aromatic heterocycles. The Balaban J connectivity index is 1.44. The number of aromatic nitrogens is 2. The SMILES string of the molecule is CON=C(C(=O)NC1C(=O)N2C(C(=O)O)=C(CS/C=C\c3cccnc3)CS[C@@H]12)c1csc(NC=O)n1. The Labute approximate surface area is 223 Å². The van der Waals surface area contributed by atoms with Crippen LogP contribution in [0.25, 0.3) is 6.08 Å². The quantitative estimate of drug-likeness (QED) is 0.159. The molecule has 4 rings (SSSR count). The van der Waals surface area contributed by atoms with Gasteiger partial charge in [-0.05, 0) is 28.7 Å². The average Bonchev–Trinajstić information content (AvgIpc) is 3.36. The van der Waals surface area contributed by atoms with Gasteiger partial charge in [0.1, 0.15) is 29.9 Å². The van der Waals surface area contributed by atoms with Crippen LogP contribution in [-0.4, -0.2) is 79.9 Å². The minimum atomic E-state index is -1.20. The molecule has 0 spiro atoms. The minimum absolute atomic E-state index is 0.0589. The van der Waals surface area contributed by atoms with E-state index in [0.717, 1.165) is 16.9 Å². The molecule has 0 aromatic carbocycles. The minimum Gasteiger partial charge on any atom is -0.477 e. The molecule has 3 N–H and O–H groups in total. The number of hydrogen-bond acceptors (Lipinski definition) is 11. The molecule has 4 heterocycles. The number of thiazole rings is 1. The summed E-state index contributed by atoms with van der Waals surface area (Å²) < 4.78 is 0. The maximum atomic E-state index is 13.0. The molecular weight excluding hydrogens is 540 g/mol. The van der Waals surface area contributed by atoms with Crippen LogP contribution < -0.4 is 10.6 Å². The zero-order valence-corrected chi connectivity index (χ0v) is 21.6. The molecule has 37 heavy (non-hydrogen) atoms. The standard InChI is InChI=1S/C22H20N6O6S3/c1-34-27-15(14-10-37-22(25-14)24-11-29)18(30)26-16-19(31)28-17(21(32)33)13(9-36-20(16)28)8-35-6-4-12-3-2-5-23-7-12/h2-7,10-11,16,20H,8-9H2,1H3,(H,26,30)(H,32,33)(H,24,25,29)/b6-4-,27-15?/t16?,20-/m0/s1. The number of oxime groups is 1. The van der Waals surface area contributed by atoms with Crippen molar-refractivity contribution in [3.63, 3.8) is 0 Å². The number of carboxylic acid groups (broad SMARTS) is 1. The van der Waals surface area contributed by atoms with Gasteiger partial charge in [-0.15, -0.1) is 34.9 Å². The summed E-state index contributed by atoms with van der Waals surface area (Å²) in [6.45, 7) is 0. The summed E-state index contributed by atoms with van der Waals surface area (Å²) in [5.41, 5.74) is 1.44. The van der Waals surface area contributed by atoms with Crippen molar-refractivity contribution in [3.8, 4) is 0 Å². The van der Waals surface area contributed by atoms with Crippen molar-refractivity contribution < 1.29 is 29.1 Å². The number of hydrogen-bond donors (Lipinski definition) is 3. The molecule has 192 valence electrons. The summed E-state index contributed by atoms with van der Waals surface area (Å²) in [5.74, 6) is -1.66. The summed E-state index contributed by atoms with van der Waals surface area (Å²) in [6.07, 6.45) is 5.72. The van der Waals surface area contributed by atoms with Crippen LogP contribution in [0.3, 0.4) is 0 Å². The Morgan fingerprint density at radius 1 is 1.43 bits per heavy atom. The summed E-state index contributed by atoms with van der Waals surface area (Å²) in [6, 6.07) is 2.78. The number of carbonyl (C=O) groups excluding carboxylic acids is 3. The van der Waals surface area contributed by atoms with E-state index in [-0.39, 0.29) is 22.2 Å². The van der Waals surface area contributed by atoms with E-state index >= 15 is 0 Å². The number of carbonyl (C=O) groups is 4. The van der Waals surface area contributed by atoms with Gasteiger partial charge < -0.3 is 20.6 Å². The number of anilines is 1. The van der Waals surface area contributed by atoms with Crippen LogP contribution in [0.2, 0.25) is 0 Å². The Morgan fingerprint density at radius 3 is 2.97 bits per heavy atom. The van der Waals surface area contributed by atoms with Gasteiger partial charge in [-0.25, -0.2) is 9.78 Å². The number of thioether (sulfide) groups is 2. The Hall–Kier alpha value is -3.69. The molecule has 1 unspecified atom stereocenters. The van der Waals surface area contributed by atoms with Gasteiger partial charge in [0.05, 0.1) is 0 Å². The molecule has 1 saturated heterocycles. The third-order valence-electron chi connectivity index (χ3n) is 5.16. The van der Waals surface area contributed by atoms with Crippen LogP contribution in [0.1, 0.15) is 11.3 Å². The maximum absolute atomic E-state index is 13.0. The first kappa shape index (κ1) is 26.4. The fourth-order valence-electron chi connectivity index (χ4n) is 3.55. The fourth-order valence-corrected chi connectivity index (χ4v) is 6.47. The van der Waals surface area contributed by atoms with Gasteiger partial charge >= 0.3 is 5.97 Å². The van der Waals surface area contributed by atoms with Gasteiger partial charge in [0.15, 0.2) is 10.8 Å². The number of rotatable bonds is 11. The molecule has 3 amide bonds. The number of β-lactam (4-membered cyclic amide) rings is 1. The zero-order valence-electron chi connectivity index (χ0n) is 19.2. The number of fused-ring (bicyclic) bond motifs is 1. The van der Waals surface area contributed by atoms with E-state index in [1.165, 1.54) is 40.9 Å². The van der Waals surface area contributed by atoms with Gasteiger partial charge in [-0.1, -0.05) is 11.2 Å². The zero-order chi connectivity index (χ0) is 26.4. The molecule has 0 bridgehead atoms. The Morgan fingerprint density at radius 2 is 2.27 bits per heavy atom. The monoisotopic (exact) mass is 560 g/mol. The molecule has 2 aliphatic rings. The molecule has 0 aliphatic carbocycles. The van der Waals surface area contributed by atoms with Crippen LogP contribution in [-0.2, 0) is 24.0 Å². The molecule has 0 saturated carbocycles. The summed E-state index contributed by atoms with van der Waals surface area (Å²) in [4.78, 5) is 62.7. The lowest BCUT2D eigenvalue weighted by Crippen LogP contribution is -2.71. The normalized spacial score (nSPS) is 19.3. The summed E-state index contributed by atoms with van der Waals surface area (Å²) in [5, 5.41) is 21.6. The number of carboxylic acids is 1. The van der Waals surface area contributed by atoms with Crippen LogP contribution in [0, 0.1) is 0 Å². The number of amides is 3. The van der Waals surface area contributed by atoms with Crippen LogP contribution in [0.5, 0.6) is 0 Å². The van der Waals surface area contributed by atoms with Gasteiger partial charge in [0, 0.05) is 29.3 Å².